The monoisotopic (exact) mass is 313 g/mol. The van der Waals surface area contributed by atoms with Gasteiger partial charge in [0.2, 0.25) is 0 Å². The van der Waals surface area contributed by atoms with E-state index in [1.165, 1.54) is 0 Å². The van der Waals surface area contributed by atoms with Crippen molar-refractivity contribution in [2.75, 3.05) is 30.9 Å². The SMILES string of the molecule is CN(C)c1ccc(NC(=O)NCC(O)C(C)(C)C)cc1Cl. The number of anilines is 2. The van der Waals surface area contributed by atoms with Gasteiger partial charge in [-0.05, 0) is 23.6 Å². The van der Waals surface area contributed by atoms with Gasteiger partial charge in [0.15, 0.2) is 0 Å². The summed E-state index contributed by atoms with van der Waals surface area (Å²) in [7, 11) is 3.80. The minimum absolute atomic E-state index is 0.193. The molecule has 0 heterocycles. The topological polar surface area (TPSA) is 64.6 Å². The van der Waals surface area contributed by atoms with E-state index < -0.39 is 6.10 Å². The van der Waals surface area contributed by atoms with Crippen LogP contribution in [0.3, 0.4) is 0 Å². The summed E-state index contributed by atoms with van der Waals surface area (Å²) in [5, 5.41) is 15.8. The van der Waals surface area contributed by atoms with Gasteiger partial charge in [-0.1, -0.05) is 32.4 Å². The second kappa shape index (κ2) is 7.00. The summed E-state index contributed by atoms with van der Waals surface area (Å²) in [5.41, 5.74) is 1.21. The number of aliphatic hydroxyl groups excluding tert-OH is 1. The zero-order valence-corrected chi connectivity index (χ0v) is 14.0. The summed E-state index contributed by atoms with van der Waals surface area (Å²) < 4.78 is 0. The second-order valence-electron chi connectivity index (χ2n) is 6.28. The normalized spacial score (nSPS) is 12.7. The van der Waals surface area contributed by atoms with Gasteiger partial charge in [-0.15, -0.1) is 0 Å². The highest BCUT2D eigenvalue weighted by Gasteiger charge is 2.22. The number of benzene rings is 1. The van der Waals surface area contributed by atoms with Gasteiger partial charge in [0.1, 0.15) is 0 Å². The lowest BCUT2D eigenvalue weighted by Crippen LogP contribution is -2.40. The first-order chi connectivity index (χ1) is 9.61. The maximum absolute atomic E-state index is 11.8. The van der Waals surface area contributed by atoms with Crippen molar-refractivity contribution in [1.29, 1.82) is 0 Å². The van der Waals surface area contributed by atoms with E-state index in [1.54, 1.807) is 12.1 Å². The lowest BCUT2D eigenvalue weighted by Gasteiger charge is -2.25. The maximum atomic E-state index is 11.8. The predicted octanol–water partition coefficient (Wildman–Crippen LogP) is 2.93. The molecule has 0 aliphatic rings. The molecule has 0 saturated heterocycles. The minimum Gasteiger partial charge on any atom is -0.391 e. The van der Waals surface area contributed by atoms with Crippen LogP contribution in [0.25, 0.3) is 0 Å². The van der Waals surface area contributed by atoms with Crippen LogP contribution in [-0.2, 0) is 0 Å². The van der Waals surface area contributed by atoms with E-state index in [9.17, 15) is 9.90 Å². The van der Waals surface area contributed by atoms with E-state index >= 15 is 0 Å². The standard InChI is InChI=1S/C15H24ClN3O2/c1-15(2,3)13(20)9-17-14(21)18-10-6-7-12(19(4)5)11(16)8-10/h6-8,13,20H,9H2,1-5H3,(H2,17,18,21). The van der Waals surface area contributed by atoms with Crippen LogP contribution in [-0.4, -0.2) is 37.9 Å². The number of nitrogens with zero attached hydrogens (tertiary/aromatic N) is 1. The summed E-state index contributed by atoms with van der Waals surface area (Å²) in [5.74, 6) is 0. The van der Waals surface area contributed by atoms with Crippen molar-refractivity contribution in [3.63, 3.8) is 0 Å². The Morgan fingerprint density at radius 1 is 1.38 bits per heavy atom. The number of rotatable bonds is 4. The fourth-order valence-electron chi connectivity index (χ4n) is 1.62. The first kappa shape index (κ1) is 17.6. The summed E-state index contributed by atoms with van der Waals surface area (Å²) >= 11 is 6.14. The Morgan fingerprint density at radius 3 is 2.48 bits per heavy atom. The fraction of sp³-hybridized carbons (Fsp3) is 0.533. The number of halogens is 1. The van der Waals surface area contributed by atoms with E-state index in [1.807, 2.05) is 45.8 Å². The lowest BCUT2D eigenvalue weighted by atomic mass is 9.89. The highest BCUT2D eigenvalue weighted by molar-refractivity contribution is 6.33. The van der Waals surface area contributed by atoms with Crippen molar-refractivity contribution < 1.29 is 9.90 Å². The van der Waals surface area contributed by atoms with Gasteiger partial charge >= 0.3 is 6.03 Å². The van der Waals surface area contributed by atoms with E-state index in [0.717, 1.165) is 5.69 Å². The van der Waals surface area contributed by atoms with Crippen molar-refractivity contribution in [2.45, 2.75) is 26.9 Å². The van der Waals surface area contributed by atoms with E-state index in [-0.39, 0.29) is 18.0 Å². The quantitative estimate of drug-likeness (QED) is 0.801. The molecule has 2 amide bonds. The van der Waals surface area contributed by atoms with Crippen LogP contribution in [0.2, 0.25) is 5.02 Å². The van der Waals surface area contributed by atoms with Crippen LogP contribution in [0, 0.1) is 5.41 Å². The minimum atomic E-state index is -0.608. The molecule has 118 valence electrons. The number of carbonyl (C=O) groups is 1. The molecule has 3 N–H and O–H groups in total. The Balaban J connectivity index is 2.58. The Hall–Kier alpha value is -1.46. The third-order valence-corrected chi connectivity index (χ3v) is 3.45. The largest absolute Gasteiger partial charge is 0.391 e. The third-order valence-electron chi connectivity index (χ3n) is 3.14. The van der Waals surface area contributed by atoms with Crippen molar-refractivity contribution in [1.82, 2.24) is 5.32 Å². The van der Waals surface area contributed by atoms with E-state index in [2.05, 4.69) is 10.6 Å². The Morgan fingerprint density at radius 2 is 2.00 bits per heavy atom. The molecule has 0 aromatic heterocycles. The first-order valence-corrected chi connectivity index (χ1v) is 7.19. The highest BCUT2D eigenvalue weighted by atomic mass is 35.5. The van der Waals surface area contributed by atoms with Crippen LogP contribution in [0.5, 0.6) is 0 Å². The van der Waals surface area contributed by atoms with Crippen molar-refractivity contribution in [3.05, 3.63) is 23.2 Å². The molecule has 1 aromatic rings. The molecule has 5 nitrogen and oxygen atoms in total. The smallest absolute Gasteiger partial charge is 0.319 e. The molecule has 0 aliphatic heterocycles. The molecule has 0 spiro atoms. The molecule has 1 atom stereocenters. The fourth-order valence-corrected chi connectivity index (χ4v) is 1.97. The van der Waals surface area contributed by atoms with Gasteiger partial charge in [0, 0.05) is 26.3 Å². The predicted molar refractivity (Wildman–Crippen MR) is 88.3 cm³/mol. The molecule has 0 radical (unpaired) electrons. The molecule has 0 saturated carbocycles. The molecule has 1 rings (SSSR count). The number of hydrogen-bond donors (Lipinski definition) is 3. The summed E-state index contributed by atoms with van der Waals surface area (Å²) in [6.07, 6.45) is -0.608. The third kappa shape index (κ3) is 5.44. The number of aliphatic hydroxyl groups is 1. The van der Waals surface area contributed by atoms with Crippen LogP contribution in [0.4, 0.5) is 16.2 Å². The zero-order valence-electron chi connectivity index (χ0n) is 13.2. The van der Waals surface area contributed by atoms with E-state index in [0.29, 0.717) is 10.7 Å². The molecular formula is C15H24ClN3O2. The van der Waals surface area contributed by atoms with Crippen molar-refractivity contribution in [2.24, 2.45) is 5.41 Å². The van der Waals surface area contributed by atoms with E-state index in [4.69, 9.17) is 11.6 Å². The molecule has 21 heavy (non-hydrogen) atoms. The van der Waals surface area contributed by atoms with Crippen molar-refractivity contribution >= 4 is 29.0 Å². The summed E-state index contributed by atoms with van der Waals surface area (Å²) in [6.45, 7) is 5.93. The number of carbonyl (C=O) groups excluding carboxylic acids is 1. The van der Waals surface area contributed by atoms with Crippen LogP contribution in [0.1, 0.15) is 20.8 Å². The van der Waals surface area contributed by atoms with Gasteiger partial charge < -0.3 is 20.6 Å². The number of urea groups is 1. The second-order valence-corrected chi connectivity index (χ2v) is 6.68. The van der Waals surface area contributed by atoms with Gasteiger partial charge in [0.25, 0.3) is 0 Å². The van der Waals surface area contributed by atoms with Gasteiger partial charge in [-0.25, -0.2) is 4.79 Å². The van der Waals surface area contributed by atoms with Crippen molar-refractivity contribution in [3.8, 4) is 0 Å². The van der Waals surface area contributed by atoms with Crippen LogP contribution < -0.4 is 15.5 Å². The summed E-state index contributed by atoms with van der Waals surface area (Å²) in [4.78, 5) is 13.7. The first-order valence-electron chi connectivity index (χ1n) is 6.81. The van der Waals surface area contributed by atoms with Gasteiger partial charge in [-0.3, -0.25) is 0 Å². The number of nitrogens with one attached hydrogen (secondary N) is 2. The average molecular weight is 314 g/mol. The molecule has 1 unspecified atom stereocenters. The Kier molecular flexibility index (Phi) is 5.87. The van der Waals surface area contributed by atoms with Gasteiger partial charge in [-0.2, -0.15) is 0 Å². The molecule has 0 fully saturated rings. The van der Waals surface area contributed by atoms with Crippen LogP contribution in [0.15, 0.2) is 18.2 Å². The molecule has 0 bridgehead atoms. The number of amides is 2. The molecule has 0 aliphatic carbocycles. The average Bonchev–Trinajstić information content (AvgIpc) is 2.34. The Labute approximate surface area is 131 Å². The lowest BCUT2D eigenvalue weighted by molar-refractivity contribution is 0.0654. The maximum Gasteiger partial charge on any atom is 0.319 e. The zero-order chi connectivity index (χ0) is 16.2. The number of hydrogen-bond acceptors (Lipinski definition) is 3. The Bertz CT molecular complexity index is 498. The molecule has 1 aromatic carbocycles. The van der Waals surface area contributed by atoms with Gasteiger partial charge in [0.05, 0.1) is 16.8 Å². The molecule has 6 heteroatoms. The summed E-state index contributed by atoms with van der Waals surface area (Å²) in [6, 6.07) is 4.94. The molecular weight excluding hydrogens is 290 g/mol. The highest BCUT2D eigenvalue weighted by Crippen LogP contribution is 2.27. The van der Waals surface area contributed by atoms with Crippen LogP contribution >= 0.6 is 11.6 Å².